The fraction of sp³-hybridized carbons (Fsp3) is 0.462. The zero-order valence-corrected chi connectivity index (χ0v) is 25.8. The summed E-state index contributed by atoms with van der Waals surface area (Å²) in [5.74, 6) is -7.79. The van der Waals surface area contributed by atoms with Crippen molar-refractivity contribution in [3.63, 3.8) is 0 Å². The number of nitrogens with one attached hydrogen (secondary N) is 1. The molecule has 40 heavy (non-hydrogen) atoms. The van der Waals surface area contributed by atoms with Gasteiger partial charge in [-0.1, -0.05) is 15.9 Å². The molecule has 0 bridgehead atoms. The number of amides is 2. The molecule has 0 radical (unpaired) electrons. The van der Waals surface area contributed by atoms with Gasteiger partial charge in [-0.3, -0.25) is 24.1 Å². The third-order valence-electron chi connectivity index (χ3n) is 7.80. The zero-order valence-electron chi connectivity index (χ0n) is 22.5. The van der Waals surface area contributed by atoms with Crippen molar-refractivity contribution in [2.45, 2.75) is 36.2 Å². The number of benzene rings is 1. The second-order valence-corrected chi connectivity index (χ2v) is 12.0. The number of Topliss-reactive ketones (excluding diaryl/α,β-unsaturated/α-hetero) is 2. The van der Waals surface area contributed by atoms with Crippen LogP contribution in [-0.2, 0) is 20.8 Å². The first-order valence-electron chi connectivity index (χ1n) is 12.2. The molecule has 0 heterocycles. The van der Waals surface area contributed by atoms with Crippen molar-refractivity contribution in [2.24, 2.45) is 17.6 Å². The van der Waals surface area contributed by atoms with Crippen LogP contribution in [0.3, 0.4) is 0 Å². The first-order chi connectivity index (χ1) is 18.0. The number of nitrogens with zero attached hydrogens (tertiary/aromatic N) is 2. The summed E-state index contributed by atoms with van der Waals surface area (Å²) in [6.07, 6.45) is 0.123. The molecule has 218 valence electrons. The van der Waals surface area contributed by atoms with E-state index in [-0.39, 0.29) is 46.6 Å². The molecule has 0 spiro atoms. The third kappa shape index (κ3) is 4.50. The molecule has 14 heteroatoms. The molecule has 0 aromatic heterocycles. The van der Waals surface area contributed by atoms with Crippen molar-refractivity contribution < 1.29 is 39.6 Å². The molecule has 0 aliphatic heterocycles. The van der Waals surface area contributed by atoms with Gasteiger partial charge in [0.2, 0.25) is 11.7 Å². The van der Waals surface area contributed by atoms with Crippen LogP contribution < -0.4 is 16.0 Å². The SMILES string of the molecule is Br.CC(Br)C(=O)Nc1cc(N(C)C)c2c(c1O)C(=O)C1=C(O)C3(O)C(=O)C(C(N)=O)=C(O)[C@@H](N(C)C)C3CC1C2. The standard InChI is InChI=1S/C26H31BrN4O8.BrH/c1-9(27)25(38)29-13-8-14(30(2)3)11-6-10-7-12-18(31(4)5)21(34)17(24(28)37)23(36)26(12,39)22(35)15(10)20(33)16(11)19(13)32;/h8-10,12,18,32,34-35,39H,6-7H2,1-5H3,(H2,28,37)(H,29,38);1H/t9?,10?,12?,18-,26?;/m0./s1. The molecule has 3 aliphatic rings. The highest BCUT2D eigenvalue weighted by Gasteiger charge is 2.63. The minimum atomic E-state index is -2.72. The van der Waals surface area contributed by atoms with Gasteiger partial charge in [0, 0.05) is 31.3 Å². The number of anilines is 2. The Labute approximate surface area is 249 Å². The molecule has 0 fully saturated rings. The number of primary amides is 1. The molecule has 1 aromatic rings. The molecule has 4 unspecified atom stereocenters. The van der Waals surface area contributed by atoms with Gasteiger partial charge in [0.25, 0.3) is 5.91 Å². The summed E-state index contributed by atoms with van der Waals surface area (Å²) in [4.78, 5) is 54.4. The molecule has 4 rings (SSSR count). The van der Waals surface area contributed by atoms with Crippen LogP contribution in [0, 0.1) is 11.8 Å². The number of allylic oxidation sites excluding steroid dienone is 1. The van der Waals surface area contributed by atoms with Gasteiger partial charge in [-0.25, -0.2) is 0 Å². The predicted octanol–water partition coefficient (Wildman–Crippen LogP) is 1.49. The predicted molar refractivity (Wildman–Crippen MR) is 155 cm³/mol. The largest absolute Gasteiger partial charge is 0.510 e. The maximum atomic E-state index is 13.9. The monoisotopic (exact) mass is 686 g/mol. The molecule has 3 aliphatic carbocycles. The Kier molecular flexibility index (Phi) is 8.53. The smallest absolute Gasteiger partial charge is 0.255 e. The van der Waals surface area contributed by atoms with E-state index in [4.69, 9.17) is 5.73 Å². The van der Waals surface area contributed by atoms with E-state index in [2.05, 4.69) is 21.2 Å². The molecule has 0 saturated heterocycles. The number of aliphatic hydroxyl groups excluding tert-OH is 2. The summed E-state index contributed by atoms with van der Waals surface area (Å²) < 4.78 is 0. The summed E-state index contributed by atoms with van der Waals surface area (Å²) in [5, 5.41) is 47.7. The Bertz CT molecular complexity index is 1390. The lowest BCUT2D eigenvalue weighted by Crippen LogP contribution is -2.63. The van der Waals surface area contributed by atoms with Gasteiger partial charge in [-0.2, -0.15) is 0 Å². The van der Waals surface area contributed by atoms with Crippen LogP contribution in [0.5, 0.6) is 5.75 Å². The topological polar surface area (TPSA) is 194 Å². The maximum Gasteiger partial charge on any atom is 0.255 e. The molecular weight excluding hydrogens is 656 g/mol. The Hall–Kier alpha value is -2.94. The summed E-state index contributed by atoms with van der Waals surface area (Å²) in [5.41, 5.74) is 2.28. The van der Waals surface area contributed by atoms with Crippen molar-refractivity contribution in [1.29, 1.82) is 0 Å². The van der Waals surface area contributed by atoms with E-state index in [9.17, 15) is 39.6 Å². The fourth-order valence-electron chi connectivity index (χ4n) is 6.03. The summed E-state index contributed by atoms with van der Waals surface area (Å²) in [6, 6.07) is 0.476. The van der Waals surface area contributed by atoms with Crippen LogP contribution in [0.4, 0.5) is 11.4 Å². The van der Waals surface area contributed by atoms with Gasteiger partial charge < -0.3 is 36.4 Å². The van der Waals surface area contributed by atoms with Gasteiger partial charge in [-0.15, -0.1) is 17.0 Å². The van der Waals surface area contributed by atoms with E-state index in [1.165, 1.54) is 4.90 Å². The van der Waals surface area contributed by atoms with Gasteiger partial charge in [-0.05, 0) is 51.4 Å². The third-order valence-corrected chi connectivity index (χ3v) is 8.22. The van der Waals surface area contributed by atoms with Gasteiger partial charge in [0.1, 0.15) is 17.1 Å². The highest BCUT2D eigenvalue weighted by atomic mass is 79.9. The average molecular weight is 688 g/mol. The van der Waals surface area contributed by atoms with Crippen LogP contribution >= 0.6 is 32.9 Å². The lowest BCUT2D eigenvalue weighted by Gasteiger charge is -2.50. The number of nitrogens with two attached hydrogens (primary N) is 1. The number of likely N-dealkylation sites (N-methyl/N-ethyl adjacent to an activating group) is 1. The van der Waals surface area contributed by atoms with Crippen LogP contribution in [0.15, 0.2) is 28.7 Å². The van der Waals surface area contributed by atoms with E-state index in [1.54, 1.807) is 46.1 Å². The number of ketones is 2. The first-order valence-corrected chi connectivity index (χ1v) is 13.1. The van der Waals surface area contributed by atoms with E-state index < -0.39 is 74.5 Å². The number of phenolic OH excluding ortho intramolecular Hbond substituents is 1. The molecule has 5 atom stereocenters. The lowest BCUT2D eigenvalue weighted by atomic mass is 9.58. The molecule has 0 saturated carbocycles. The number of carbonyl (C=O) groups excluding carboxylic acids is 4. The number of aliphatic hydroxyl groups is 3. The fourth-order valence-corrected chi connectivity index (χ4v) is 6.14. The van der Waals surface area contributed by atoms with Crippen molar-refractivity contribution in [3.05, 3.63) is 39.9 Å². The molecule has 1 aromatic carbocycles. The molecule has 2 amide bonds. The average Bonchev–Trinajstić information content (AvgIpc) is 2.82. The number of hydrogen-bond donors (Lipinski definition) is 6. The number of hydrogen-bond acceptors (Lipinski definition) is 10. The Morgan fingerprint density at radius 2 is 1.77 bits per heavy atom. The number of alkyl halides is 1. The van der Waals surface area contributed by atoms with Crippen LogP contribution in [0.1, 0.15) is 29.3 Å². The normalized spacial score (nSPS) is 26.4. The van der Waals surface area contributed by atoms with E-state index >= 15 is 0 Å². The van der Waals surface area contributed by atoms with Crippen molar-refractivity contribution in [1.82, 2.24) is 4.90 Å². The van der Waals surface area contributed by atoms with E-state index in [1.807, 2.05) is 0 Å². The number of rotatable bonds is 5. The first kappa shape index (κ1) is 31.6. The quantitative estimate of drug-likeness (QED) is 0.150. The second kappa shape index (κ2) is 10.8. The molecule has 7 N–H and O–H groups in total. The molecular formula is C26H32Br2N4O8. The number of aromatic hydroxyl groups is 1. The minimum Gasteiger partial charge on any atom is -0.510 e. The maximum absolute atomic E-state index is 13.9. The highest BCUT2D eigenvalue weighted by Crippen LogP contribution is 2.53. The minimum absolute atomic E-state index is 0. The summed E-state index contributed by atoms with van der Waals surface area (Å²) in [7, 11) is 6.60. The number of phenols is 1. The second-order valence-electron chi connectivity index (χ2n) is 10.6. The van der Waals surface area contributed by atoms with Gasteiger partial charge >= 0.3 is 0 Å². The van der Waals surface area contributed by atoms with Crippen molar-refractivity contribution in [2.75, 3.05) is 38.4 Å². The number of halogens is 2. The summed E-state index contributed by atoms with van der Waals surface area (Å²) >= 11 is 3.16. The Balaban J connectivity index is 0.00000441. The van der Waals surface area contributed by atoms with Crippen LogP contribution in [0.25, 0.3) is 0 Å². The zero-order chi connectivity index (χ0) is 29.3. The Morgan fingerprint density at radius 3 is 2.27 bits per heavy atom. The van der Waals surface area contributed by atoms with Crippen LogP contribution in [0.2, 0.25) is 0 Å². The van der Waals surface area contributed by atoms with Gasteiger partial charge in [0.15, 0.2) is 17.1 Å². The van der Waals surface area contributed by atoms with Crippen molar-refractivity contribution in [3.8, 4) is 5.75 Å². The van der Waals surface area contributed by atoms with E-state index in [0.717, 1.165) is 0 Å². The lowest BCUT2D eigenvalue weighted by molar-refractivity contribution is -0.148. The number of fused-ring (bicyclic) bond motifs is 3. The Morgan fingerprint density at radius 1 is 1.18 bits per heavy atom. The molecule has 12 nitrogen and oxygen atoms in total. The highest BCUT2D eigenvalue weighted by molar-refractivity contribution is 9.10. The van der Waals surface area contributed by atoms with E-state index in [0.29, 0.717) is 11.3 Å². The summed E-state index contributed by atoms with van der Waals surface area (Å²) in [6.45, 7) is 1.59. The van der Waals surface area contributed by atoms with Crippen LogP contribution in [-0.4, -0.2) is 93.4 Å². The number of carbonyl (C=O) groups is 4. The van der Waals surface area contributed by atoms with Gasteiger partial charge in [0.05, 0.1) is 22.1 Å². The van der Waals surface area contributed by atoms with Crippen molar-refractivity contribution >= 4 is 67.7 Å².